The Bertz CT molecular complexity index is 301. The lowest BCUT2D eigenvalue weighted by Gasteiger charge is -2.42. The predicted molar refractivity (Wildman–Crippen MR) is 91.9 cm³/mol. The summed E-state index contributed by atoms with van der Waals surface area (Å²) in [5.41, 5.74) is -0.0480. The highest BCUT2D eigenvalue weighted by atomic mass is 16.5. The SMILES string of the molecule is CNC(C)(C)CCOC(C)(C)C(C)(C)CCOC(C)(C)C. The second kappa shape index (κ2) is 7.43. The van der Waals surface area contributed by atoms with E-state index < -0.39 is 0 Å². The van der Waals surface area contributed by atoms with Crippen LogP contribution in [0.3, 0.4) is 0 Å². The summed E-state index contributed by atoms with van der Waals surface area (Å²) < 4.78 is 12.1. The van der Waals surface area contributed by atoms with Crippen LogP contribution in [0.1, 0.15) is 75.2 Å². The Kier molecular flexibility index (Phi) is 7.39. The van der Waals surface area contributed by atoms with Crippen molar-refractivity contribution in [3.05, 3.63) is 0 Å². The molecule has 0 bridgehead atoms. The zero-order chi connectivity index (χ0) is 16.9. The molecule has 0 aliphatic carbocycles. The third kappa shape index (κ3) is 8.18. The minimum Gasteiger partial charge on any atom is -0.376 e. The van der Waals surface area contributed by atoms with Crippen LogP contribution in [0, 0.1) is 5.41 Å². The molecule has 0 radical (unpaired) electrons. The lowest BCUT2D eigenvalue weighted by atomic mass is 9.74. The molecule has 1 N–H and O–H groups in total. The first-order valence-corrected chi connectivity index (χ1v) is 8.19. The van der Waals surface area contributed by atoms with Crippen molar-refractivity contribution >= 4 is 0 Å². The summed E-state index contributed by atoms with van der Waals surface area (Å²) in [6.45, 7) is 21.1. The topological polar surface area (TPSA) is 30.5 Å². The van der Waals surface area contributed by atoms with Crippen LogP contribution in [0.5, 0.6) is 0 Å². The zero-order valence-electron chi connectivity index (χ0n) is 16.1. The van der Waals surface area contributed by atoms with Gasteiger partial charge in [0.05, 0.1) is 11.2 Å². The highest BCUT2D eigenvalue weighted by molar-refractivity contribution is 4.88. The molecule has 0 saturated heterocycles. The first-order valence-electron chi connectivity index (χ1n) is 8.19. The van der Waals surface area contributed by atoms with Crippen molar-refractivity contribution < 1.29 is 9.47 Å². The van der Waals surface area contributed by atoms with Crippen LogP contribution in [0.25, 0.3) is 0 Å². The van der Waals surface area contributed by atoms with Gasteiger partial charge in [-0.3, -0.25) is 0 Å². The van der Waals surface area contributed by atoms with Crippen molar-refractivity contribution in [2.24, 2.45) is 5.41 Å². The van der Waals surface area contributed by atoms with Gasteiger partial charge in [0.1, 0.15) is 0 Å². The third-order valence-corrected chi connectivity index (χ3v) is 4.76. The second-order valence-corrected chi connectivity index (χ2v) is 8.84. The molecule has 128 valence electrons. The van der Waals surface area contributed by atoms with Crippen molar-refractivity contribution in [3.8, 4) is 0 Å². The molecule has 3 nitrogen and oxygen atoms in total. The van der Waals surface area contributed by atoms with Crippen LogP contribution >= 0.6 is 0 Å². The van der Waals surface area contributed by atoms with E-state index in [0.717, 1.165) is 26.1 Å². The van der Waals surface area contributed by atoms with Crippen molar-refractivity contribution in [1.82, 2.24) is 5.32 Å². The summed E-state index contributed by atoms with van der Waals surface area (Å²) >= 11 is 0. The van der Waals surface area contributed by atoms with Gasteiger partial charge in [-0.15, -0.1) is 0 Å². The van der Waals surface area contributed by atoms with Crippen molar-refractivity contribution in [1.29, 1.82) is 0 Å². The van der Waals surface area contributed by atoms with Crippen LogP contribution in [0.2, 0.25) is 0 Å². The Morgan fingerprint density at radius 1 is 0.714 bits per heavy atom. The normalized spacial score (nSPS) is 14.6. The van der Waals surface area contributed by atoms with E-state index in [1.165, 1.54) is 0 Å². The van der Waals surface area contributed by atoms with E-state index >= 15 is 0 Å². The maximum absolute atomic E-state index is 6.22. The summed E-state index contributed by atoms with van der Waals surface area (Å²) in [5, 5.41) is 3.32. The highest BCUT2D eigenvalue weighted by Crippen LogP contribution is 2.37. The monoisotopic (exact) mass is 301 g/mol. The average Bonchev–Trinajstić information content (AvgIpc) is 2.26. The van der Waals surface area contributed by atoms with E-state index in [1.807, 2.05) is 7.05 Å². The molecule has 0 fully saturated rings. The maximum atomic E-state index is 6.22. The molecule has 0 aromatic heterocycles. The Hall–Kier alpha value is -0.120. The van der Waals surface area contributed by atoms with Gasteiger partial charge in [0.15, 0.2) is 0 Å². The molecule has 0 rings (SSSR count). The summed E-state index contributed by atoms with van der Waals surface area (Å²) in [7, 11) is 2.00. The minimum absolute atomic E-state index is 0.0715. The Morgan fingerprint density at radius 2 is 1.19 bits per heavy atom. The summed E-state index contributed by atoms with van der Waals surface area (Å²) in [4.78, 5) is 0. The second-order valence-electron chi connectivity index (χ2n) is 8.84. The molecule has 0 spiro atoms. The largest absolute Gasteiger partial charge is 0.376 e. The zero-order valence-corrected chi connectivity index (χ0v) is 16.1. The van der Waals surface area contributed by atoms with E-state index in [4.69, 9.17) is 9.47 Å². The first kappa shape index (κ1) is 20.9. The predicted octanol–water partition coefficient (Wildman–Crippen LogP) is 4.40. The van der Waals surface area contributed by atoms with Crippen LogP contribution in [0.4, 0.5) is 0 Å². The lowest BCUT2D eigenvalue weighted by Crippen LogP contribution is -2.44. The lowest BCUT2D eigenvalue weighted by molar-refractivity contribution is -0.117. The minimum atomic E-state index is -0.169. The Labute approximate surface area is 133 Å². The molecule has 0 aliphatic rings. The fourth-order valence-electron chi connectivity index (χ4n) is 1.80. The molecule has 0 saturated carbocycles. The van der Waals surface area contributed by atoms with Gasteiger partial charge in [-0.25, -0.2) is 0 Å². The van der Waals surface area contributed by atoms with Crippen LogP contribution in [-0.4, -0.2) is 37.0 Å². The molecule has 0 atom stereocenters. The van der Waals surface area contributed by atoms with Gasteiger partial charge in [0.2, 0.25) is 0 Å². The maximum Gasteiger partial charge on any atom is 0.0678 e. The van der Waals surface area contributed by atoms with Crippen molar-refractivity contribution in [3.63, 3.8) is 0 Å². The van der Waals surface area contributed by atoms with Crippen LogP contribution < -0.4 is 5.32 Å². The van der Waals surface area contributed by atoms with Gasteiger partial charge >= 0.3 is 0 Å². The number of ether oxygens (including phenoxy) is 2. The molecule has 0 heterocycles. The van der Waals surface area contributed by atoms with E-state index in [-0.39, 0.29) is 22.2 Å². The average molecular weight is 302 g/mol. The van der Waals surface area contributed by atoms with Crippen LogP contribution in [-0.2, 0) is 9.47 Å². The van der Waals surface area contributed by atoms with Crippen molar-refractivity contribution in [2.45, 2.75) is 91.9 Å². The Morgan fingerprint density at radius 3 is 1.62 bits per heavy atom. The summed E-state index contributed by atoms with van der Waals surface area (Å²) in [5.74, 6) is 0. The van der Waals surface area contributed by atoms with Gasteiger partial charge in [0.25, 0.3) is 0 Å². The number of hydrogen-bond acceptors (Lipinski definition) is 3. The molecular formula is C18H39NO2. The van der Waals surface area contributed by atoms with E-state index in [1.54, 1.807) is 0 Å². The summed E-state index contributed by atoms with van der Waals surface area (Å²) in [6.07, 6.45) is 1.99. The smallest absolute Gasteiger partial charge is 0.0678 e. The van der Waals surface area contributed by atoms with E-state index in [2.05, 4.69) is 67.6 Å². The highest BCUT2D eigenvalue weighted by Gasteiger charge is 2.38. The fraction of sp³-hybridized carbons (Fsp3) is 1.00. The van der Waals surface area contributed by atoms with Gasteiger partial charge in [-0.2, -0.15) is 0 Å². The molecule has 0 aliphatic heterocycles. The van der Waals surface area contributed by atoms with Gasteiger partial charge in [-0.05, 0) is 73.8 Å². The van der Waals surface area contributed by atoms with Gasteiger partial charge in [0, 0.05) is 18.8 Å². The number of rotatable bonds is 9. The van der Waals surface area contributed by atoms with E-state index in [0.29, 0.717) is 0 Å². The summed E-state index contributed by atoms with van der Waals surface area (Å²) in [6, 6.07) is 0. The molecule has 0 aromatic carbocycles. The first-order chi connectivity index (χ1) is 9.22. The third-order valence-electron chi connectivity index (χ3n) is 4.76. The fourth-order valence-corrected chi connectivity index (χ4v) is 1.80. The molecule has 0 unspecified atom stereocenters. The van der Waals surface area contributed by atoms with Gasteiger partial charge < -0.3 is 14.8 Å². The quantitative estimate of drug-likeness (QED) is 0.684. The van der Waals surface area contributed by atoms with Crippen molar-refractivity contribution in [2.75, 3.05) is 20.3 Å². The van der Waals surface area contributed by atoms with E-state index in [9.17, 15) is 0 Å². The number of hydrogen-bond donors (Lipinski definition) is 1. The molecule has 0 aromatic rings. The molecule has 3 heteroatoms. The van der Waals surface area contributed by atoms with Crippen LogP contribution in [0.15, 0.2) is 0 Å². The molecule has 21 heavy (non-hydrogen) atoms. The molecule has 0 amide bonds. The van der Waals surface area contributed by atoms with Gasteiger partial charge in [-0.1, -0.05) is 13.8 Å². The number of nitrogens with one attached hydrogen (secondary N) is 1. The Balaban J connectivity index is 4.38. The standard InChI is InChI=1S/C18H39NO2/c1-15(2,3)20-13-11-16(4,5)18(8,9)21-14-12-17(6,7)19-10/h19H,11-14H2,1-10H3. The molecular weight excluding hydrogens is 262 g/mol.